The van der Waals surface area contributed by atoms with E-state index in [2.05, 4.69) is 22.0 Å². The van der Waals surface area contributed by atoms with Crippen molar-refractivity contribution in [1.82, 2.24) is 4.57 Å². The molecule has 1 aromatic heterocycles. The first-order chi connectivity index (χ1) is 11.6. The third kappa shape index (κ3) is 3.57. The second-order valence-electron chi connectivity index (χ2n) is 5.07. The molecule has 2 aromatic carbocycles. The second-order valence-corrected chi connectivity index (χ2v) is 6.83. The van der Waals surface area contributed by atoms with Gasteiger partial charge in [0.15, 0.2) is 0 Å². The Balaban J connectivity index is 2.06. The molecular weight excluding hydrogens is 407 g/mol. The van der Waals surface area contributed by atoms with E-state index in [0.717, 1.165) is 15.9 Å². The number of benzene rings is 2. The van der Waals surface area contributed by atoms with E-state index in [1.807, 2.05) is 53.2 Å². The topological polar surface area (TPSA) is 28.7 Å². The Morgan fingerprint density at radius 3 is 2.50 bits per heavy atom. The molecule has 0 aliphatic heterocycles. The van der Waals surface area contributed by atoms with Crippen LogP contribution in [0.2, 0.25) is 10.0 Å². The van der Waals surface area contributed by atoms with Gasteiger partial charge in [0.1, 0.15) is 0 Å². The highest BCUT2D eigenvalue weighted by Gasteiger charge is 2.09. The molecule has 118 valence electrons. The summed E-state index contributed by atoms with van der Waals surface area (Å²) in [5.41, 5.74) is 3.04. The molecule has 3 rings (SSSR count). The molecule has 2 nitrogen and oxygen atoms in total. The minimum absolute atomic E-state index is 0.456. The van der Waals surface area contributed by atoms with Gasteiger partial charge < -0.3 is 4.57 Å². The third-order valence-corrected chi connectivity index (χ3v) is 4.60. The van der Waals surface area contributed by atoms with Gasteiger partial charge >= 0.3 is 0 Å². The fraction of sp³-hybridized carbons (Fsp3) is 0. The molecule has 0 amide bonds. The molecule has 0 N–H and O–H groups in total. The van der Waals surface area contributed by atoms with E-state index in [1.54, 1.807) is 18.2 Å². The largest absolute Gasteiger partial charge is 0.317 e. The maximum Gasteiger partial charge on any atom is 0.0999 e. The lowest BCUT2D eigenvalue weighted by Crippen LogP contribution is -1.95. The van der Waals surface area contributed by atoms with Gasteiger partial charge in [-0.15, -0.1) is 0 Å². The first-order valence-electron chi connectivity index (χ1n) is 7.09. The second kappa shape index (κ2) is 7.27. The fourth-order valence-electron chi connectivity index (χ4n) is 2.37. The lowest BCUT2D eigenvalue weighted by molar-refractivity contribution is 1.06. The van der Waals surface area contributed by atoms with Crippen LogP contribution in [0.25, 0.3) is 17.3 Å². The first kappa shape index (κ1) is 16.9. The van der Waals surface area contributed by atoms with Gasteiger partial charge in [-0.05, 0) is 54.6 Å². The minimum atomic E-state index is 0.456. The van der Waals surface area contributed by atoms with Crippen LogP contribution in [-0.4, -0.2) is 4.57 Å². The summed E-state index contributed by atoms with van der Waals surface area (Å²) < 4.78 is 3.02. The van der Waals surface area contributed by atoms with Gasteiger partial charge in [-0.1, -0.05) is 45.2 Å². The Labute approximate surface area is 158 Å². The zero-order valence-electron chi connectivity index (χ0n) is 12.4. The van der Waals surface area contributed by atoms with E-state index in [9.17, 15) is 5.26 Å². The Morgan fingerprint density at radius 2 is 1.83 bits per heavy atom. The average Bonchev–Trinajstić information content (AvgIpc) is 3.02. The van der Waals surface area contributed by atoms with Crippen molar-refractivity contribution in [3.8, 4) is 11.8 Å². The average molecular weight is 418 g/mol. The van der Waals surface area contributed by atoms with E-state index in [1.165, 1.54) is 0 Å². The van der Waals surface area contributed by atoms with Gasteiger partial charge in [0.05, 0.1) is 16.7 Å². The highest BCUT2D eigenvalue weighted by molar-refractivity contribution is 9.10. The number of hydrogen-bond acceptors (Lipinski definition) is 1. The Morgan fingerprint density at radius 1 is 1.08 bits per heavy atom. The van der Waals surface area contributed by atoms with Crippen LogP contribution >= 0.6 is 39.1 Å². The summed E-state index contributed by atoms with van der Waals surface area (Å²) in [6.07, 6.45) is 3.77. The molecule has 1 heterocycles. The molecule has 0 spiro atoms. The van der Waals surface area contributed by atoms with Crippen LogP contribution in [0.4, 0.5) is 0 Å². The number of rotatable bonds is 3. The van der Waals surface area contributed by atoms with Crippen molar-refractivity contribution in [3.63, 3.8) is 0 Å². The van der Waals surface area contributed by atoms with Gasteiger partial charge in [-0.3, -0.25) is 0 Å². The summed E-state index contributed by atoms with van der Waals surface area (Å²) in [6, 6.07) is 19.2. The molecule has 0 aliphatic carbocycles. The Bertz CT molecular complexity index is 950. The van der Waals surface area contributed by atoms with Crippen LogP contribution in [0.1, 0.15) is 11.3 Å². The summed E-state index contributed by atoms with van der Waals surface area (Å²) in [5, 5.41) is 10.5. The molecule has 0 saturated carbocycles. The molecule has 0 fully saturated rings. The number of nitrogens with zero attached hydrogens (tertiary/aromatic N) is 2. The Kier molecular flexibility index (Phi) is 5.11. The SMILES string of the molecule is N#C/C(=C/c1cccn1-c1ccc(Br)cc1)c1ccc(Cl)cc1Cl. The van der Waals surface area contributed by atoms with E-state index in [0.29, 0.717) is 21.2 Å². The van der Waals surface area contributed by atoms with E-state index < -0.39 is 0 Å². The van der Waals surface area contributed by atoms with Crippen molar-refractivity contribution in [2.75, 3.05) is 0 Å². The van der Waals surface area contributed by atoms with Gasteiger partial charge in [0.25, 0.3) is 0 Å². The summed E-state index contributed by atoms with van der Waals surface area (Å²) in [6.45, 7) is 0. The van der Waals surface area contributed by atoms with Crippen LogP contribution in [0.3, 0.4) is 0 Å². The summed E-state index contributed by atoms with van der Waals surface area (Å²) in [7, 11) is 0. The fourth-order valence-corrected chi connectivity index (χ4v) is 3.15. The summed E-state index contributed by atoms with van der Waals surface area (Å²) >= 11 is 15.6. The van der Waals surface area contributed by atoms with Crippen LogP contribution in [-0.2, 0) is 0 Å². The summed E-state index contributed by atoms with van der Waals surface area (Å²) in [5.74, 6) is 0. The molecule has 0 saturated heterocycles. The smallest absolute Gasteiger partial charge is 0.0999 e. The quantitative estimate of drug-likeness (QED) is 0.440. The molecule has 0 radical (unpaired) electrons. The van der Waals surface area contributed by atoms with Crippen LogP contribution in [0.5, 0.6) is 0 Å². The normalized spacial score (nSPS) is 11.3. The van der Waals surface area contributed by atoms with Gasteiger partial charge in [-0.2, -0.15) is 5.26 Å². The molecule has 5 heteroatoms. The maximum atomic E-state index is 9.54. The molecule has 0 atom stereocenters. The first-order valence-corrected chi connectivity index (χ1v) is 8.64. The van der Waals surface area contributed by atoms with Crippen LogP contribution in [0.15, 0.2) is 65.3 Å². The van der Waals surface area contributed by atoms with Crippen LogP contribution < -0.4 is 0 Å². The third-order valence-electron chi connectivity index (χ3n) is 3.52. The van der Waals surface area contributed by atoms with Crippen molar-refractivity contribution in [1.29, 1.82) is 5.26 Å². The van der Waals surface area contributed by atoms with Crippen molar-refractivity contribution in [2.45, 2.75) is 0 Å². The van der Waals surface area contributed by atoms with E-state index >= 15 is 0 Å². The summed E-state index contributed by atoms with van der Waals surface area (Å²) in [4.78, 5) is 0. The van der Waals surface area contributed by atoms with E-state index in [-0.39, 0.29) is 0 Å². The predicted octanol–water partition coefficient (Wildman–Crippen LogP) is 6.61. The molecular formula is C19H11BrCl2N2. The predicted molar refractivity (Wildman–Crippen MR) is 103 cm³/mol. The monoisotopic (exact) mass is 416 g/mol. The lowest BCUT2D eigenvalue weighted by atomic mass is 10.1. The van der Waals surface area contributed by atoms with Gasteiger partial charge in [-0.25, -0.2) is 0 Å². The Hall–Kier alpha value is -1.99. The van der Waals surface area contributed by atoms with Gasteiger partial charge in [0.2, 0.25) is 0 Å². The highest BCUT2D eigenvalue weighted by Crippen LogP contribution is 2.28. The van der Waals surface area contributed by atoms with Crippen molar-refractivity contribution in [3.05, 3.63) is 86.6 Å². The maximum absolute atomic E-state index is 9.54. The van der Waals surface area contributed by atoms with Crippen molar-refractivity contribution < 1.29 is 0 Å². The number of nitriles is 1. The standard InChI is InChI=1S/C19H11BrCl2N2/c20-14-3-6-16(7-4-14)24-9-1-2-17(24)10-13(12-23)18-8-5-15(21)11-19(18)22/h1-11H/b13-10-. The molecule has 0 unspecified atom stereocenters. The number of hydrogen-bond donors (Lipinski definition) is 0. The van der Waals surface area contributed by atoms with Gasteiger partial charge in [0, 0.05) is 32.6 Å². The zero-order valence-corrected chi connectivity index (χ0v) is 15.5. The van der Waals surface area contributed by atoms with E-state index in [4.69, 9.17) is 23.2 Å². The molecule has 3 aromatic rings. The van der Waals surface area contributed by atoms with Crippen LogP contribution in [0, 0.1) is 11.3 Å². The zero-order chi connectivity index (χ0) is 17.1. The number of aromatic nitrogens is 1. The number of allylic oxidation sites excluding steroid dienone is 1. The van der Waals surface area contributed by atoms with Crippen molar-refractivity contribution >= 4 is 50.8 Å². The minimum Gasteiger partial charge on any atom is -0.317 e. The lowest BCUT2D eigenvalue weighted by Gasteiger charge is -2.08. The molecule has 0 aliphatic rings. The number of halogens is 3. The molecule has 0 bridgehead atoms. The van der Waals surface area contributed by atoms with Crippen molar-refractivity contribution in [2.24, 2.45) is 0 Å². The highest BCUT2D eigenvalue weighted by atomic mass is 79.9. The molecule has 24 heavy (non-hydrogen) atoms.